The number of benzene rings is 2. The van der Waals surface area contributed by atoms with Gasteiger partial charge in [-0.2, -0.15) is 13.2 Å². The Morgan fingerprint density at radius 2 is 1.95 bits per heavy atom. The van der Waals surface area contributed by atoms with Crippen LogP contribution in [0, 0.1) is 11.8 Å². The molecule has 0 bridgehead atoms. The summed E-state index contributed by atoms with van der Waals surface area (Å²) in [5.41, 5.74) is 1.58. The number of unbranched alkanes of at least 4 members (excludes halogenated alkanes) is 2. The van der Waals surface area contributed by atoms with Crippen molar-refractivity contribution in [2.24, 2.45) is 0 Å². The summed E-state index contributed by atoms with van der Waals surface area (Å²) in [4.78, 5) is 13.3. The zero-order valence-corrected chi connectivity index (χ0v) is 23.9. The molecule has 232 valence electrons. The van der Waals surface area contributed by atoms with Gasteiger partial charge in [0.05, 0.1) is 41.7 Å². The SMILES string of the molecule is CN1CC[C@@H](Nc2cccc3c2cc(C#CCNc2ccc(C(=O)O)cc2OCCCCCO)n3CC(F)(F)F)[C@@H](F)C1. The van der Waals surface area contributed by atoms with Crippen LogP contribution in [0.3, 0.4) is 0 Å². The van der Waals surface area contributed by atoms with Crippen molar-refractivity contribution in [2.75, 3.05) is 50.5 Å². The Balaban J connectivity index is 1.55. The number of alkyl halides is 4. The van der Waals surface area contributed by atoms with E-state index in [1.165, 1.54) is 12.1 Å². The molecule has 0 amide bonds. The van der Waals surface area contributed by atoms with Gasteiger partial charge >= 0.3 is 12.1 Å². The lowest BCUT2D eigenvalue weighted by Crippen LogP contribution is -2.46. The third kappa shape index (κ3) is 8.78. The van der Waals surface area contributed by atoms with Gasteiger partial charge in [-0.25, -0.2) is 9.18 Å². The van der Waals surface area contributed by atoms with Crippen molar-refractivity contribution in [1.29, 1.82) is 0 Å². The summed E-state index contributed by atoms with van der Waals surface area (Å²) in [7, 11) is 1.85. The van der Waals surface area contributed by atoms with Crippen molar-refractivity contribution in [2.45, 2.75) is 50.6 Å². The number of nitrogens with zero attached hydrogens (tertiary/aromatic N) is 2. The molecule has 4 N–H and O–H groups in total. The Morgan fingerprint density at radius 3 is 2.67 bits per heavy atom. The number of aromatic nitrogens is 1. The lowest BCUT2D eigenvalue weighted by atomic mass is 10.0. The molecule has 0 radical (unpaired) electrons. The minimum Gasteiger partial charge on any atom is -0.491 e. The molecular formula is C31H36F4N4O4. The van der Waals surface area contributed by atoms with Crippen molar-refractivity contribution >= 4 is 28.2 Å². The Morgan fingerprint density at radius 1 is 1.14 bits per heavy atom. The summed E-state index contributed by atoms with van der Waals surface area (Å²) in [6, 6.07) is 10.5. The highest BCUT2D eigenvalue weighted by molar-refractivity contribution is 5.94. The maximum absolute atomic E-state index is 14.7. The van der Waals surface area contributed by atoms with Crippen molar-refractivity contribution < 1.29 is 37.3 Å². The average molecular weight is 605 g/mol. The number of hydrogen-bond acceptors (Lipinski definition) is 6. The van der Waals surface area contributed by atoms with E-state index in [0.717, 1.165) is 11.0 Å². The summed E-state index contributed by atoms with van der Waals surface area (Å²) in [6.45, 7) is 0.200. The number of carboxylic acids is 1. The minimum atomic E-state index is -4.49. The van der Waals surface area contributed by atoms with E-state index in [2.05, 4.69) is 22.5 Å². The first-order chi connectivity index (χ1) is 20.6. The van der Waals surface area contributed by atoms with Crippen LogP contribution in [-0.4, -0.2) is 83.9 Å². The number of aromatic carboxylic acids is 1. The van der Waals surface area contributed by atoms with E-state index in [1.54, 1.807) is 30.3 Å². The fourth-order valence-corrected chi connectivity index (χ4v) is 5.05. The molecule has 1 aliphatic heterocycles. The van der Waals surface area contributed by atoms with Crippen LogP contribution >= 0.6 is 0 Å². The number of anilines is 2. The first kappa shape index (κ1) is 32.0. The van der Waals surface area contributed by atoms with Gasteiger partial charge in [-0.15, -0.1) is 0 Å². The highest BCUT2D eigenvalue weighted by Crippen LogP contribution is 2.32. The van der Waals surface area contributed by atoms with Gasteiger partial charge in [0.15, 0.2) is 0 Å². The number of aliphatic hydroxyl groups is 1. The van der Waals surface area contributed by atoms with E-state index in [-0.39, 0.29) is 31.0 Å². The van der Waals surface area contributed by atoms with Gasteiger partial charge < -0.3 is 35.1 Å². The number of nitrogens with one attached hydrogen (secondary N) is 2. The van der Waals surface area contributed by atoms with Crippen LogP contribution in [0.5, 0.6) is 5.75 Å². The number of carboxylic acid groups (broad SMARTS) is 1. The number of ether oxygens (including phenoxy) is 1. The first-order valence-electron chi connectivity index (χ1n) is 14.2. The fourth-order valence-electron chi connectivity index (χ4n) is 5.05. The molecule has 3 aromatic rings. The third-order valence-corrected chi connectivity index (χ3v) is 7.24. The van der Waals surface area contributed by atoms with Gasteiger partial charge in [0, 0.05) is 30.8 Å². The van der Waals surface area contributed by atoms with E-state index < -0.39 is 30.9 Å². The first-order valence-corrected chi connectivity index (χ1v) is 14.2. The Labute approximate surface area is 247 Å². The molecule has 1 aliphatic rings. The van der Waals surface area contributed by atoms with Crippen LogP contribution in [0.15, 0.2) is 42.5 Å². The van der Waals surface area contributed by atoms with Gasteiger partial charge in [-0.05, 0) is 75.0 Å². The second-order valence-corrected chi connectivity index (χ2v) is 10.6. The monoisotopic (exact) mass is 604 g/mol. The Kier molecular flexibility index (Phi) is 10.8. The predicted octanol–water partition coefficient (Wildman–Crippen LogP) is 5.36. The van der Waals surface area contributed by atoms with E-state index in [0.29, 0.717) is 60.4 Å². The predicted molar refractivity (Wildman–Crippen MR) is 158 cm³/mol. The Bertz CT molecular complexity index is 1460. The van der Waals surface area contributed by atoms with Crippen LogP contribution in [0.2, 0.25) is 0 Å². The standard InChI is InChI=1S/C31H36F4N4O4/c1-38-14-12-26(24(32)19-38)37-25-8-5-9-28-23(25)18-22(39(28)20-31(33,34)35)7-6-13-36-27-11-10-21(30(41)42)17-29(27)43-16-4-2-3-15-40/h5,8-11,17-18,24,26,36-37,40H,2-4,12-16,19-20H2,1H3,(H,41,42)/t24-,26+/m0/s1. The largest absolute Gasteiger partial charge is 0.491 e. The van der Waals surface area contributed by atoms with E-state index in [1.807, 2.05) is 11.9 Å². The number of aliphatic hydroxyl groups excluding tert-OH is 1. The maximum atomic E-state index is 14.7. The van der Waals surface area contributed by atoms with Crippen molar-refractivity contribution in [3.8, 4) is 17.6 Å². The van der Waals surface area contributed by atoms with Crippen molar-refractivity contribution in [3.05, 3.63) is 53.7 Å². The van der Waals surface area contributed by atoms with Gasteiger partial charge in [-0.3, -0.25) is 0 Å². The van der Waals surface area contributed by atoms with Crippen LogP contribution in [0.25, 0.3) is 10.9 Å². The Hall–Kier alpha value is -3.95. The summed E-state index contributed by atoms with van der Waals surface area (Å²) in [6.07, 6.45) is -2.98. The quantitative estimate of drug-likeness (QED) is 0.126. The van der Waals surface area contributed by atoms with Gasteiger partial charge in [0.25, 0.3) is 0 Å². The van der Waals surface area contributed by atoms with E-state index >= 15 is 0 Å². The summed E-state index contributed by atoms with van der Waals surface area (Å²) >= 11 is 0. The van der Waals surface area contributed by atoms with Crippen molar-refractivity contribution in [3.63, 3.8) is 0 Å². The third-order valence-electron chi connectivity index (χ3n) is 7.24. The molecule has 0 saturated carbocycles. The molecule has 0 spiro atoms. The molecule has 12 heteroatoms. The fraction of sp³-hybridized carbons (Fsp3) is 0.452. The summed E-state index contributed by atoms with van der Waals surface area (Å²) < 4.78 is 62.3. The molecule has 4 rings (SSSR count). The second kappa shape index (κ2) is 14.5. The van der Waals surface area contributed by atoms with Crippen LogP contribution in [0.4, 0.5) is 28.9 Å². The summed E-state index contributed by atoms with van der Waals surface area (Å²) in [5.74, 6) is 4.91. The number of fused-ring (bicyclic) bond motifs is 1. The van der Waals surface area contributed by atoms with E-state index in [4.69, 9.17) is 9.84 Å². The molecule has 8 nitrogen and oxygen atoms in total. The van der Waals surface area contributed by atoms with Crippen LogP contribution in [0.1, 0.15) is 41.7 Å². The minimum absolute atomic E-state index is 0.0439. The highest BCUT2D eigenvalue weighted by atomic mass is 19.4. The lowest BCUT2D eigenvalue weighted by molar-refractivity contribution is -0.140. The zero-order chi connectivity index (χ0) is 31.0. The summed E-state index contributed by atoms with van der Waals surface area (Å²) in [5, 5.41) is 25.1. The van der Waals surface area contributed by atoms with Crippen LogP contribution < -0.4 is 15.4 Å². The smallest absolute Gasteiger partial charge is 0.406 e. The highest BCUT2D eigenvalue weighted by Gasteiger charge is 2.31. The number of halogens is 4. The average Bonchev–Trinajstić information content (AvgIpc) is 3.29. The number of hydrogen-bond donors (Lipinski definition) is 4. The molecule has 0 aliphatic carbocycles. The molecule has 1 fully saturated rings. The van der Waals surface area contributed by atoms with Crippen LogP contribution in [-0.2, 0) is 6.54 Å². The molecule has 43 heavy (non-hydrogen) atoms. The number of likely N-dealkylation sites (tertiary alicyclic amines) is 1. The number of rotatable bonds is 12. The van der Waals surface area contributed by atoms with Gasteiger partial charge in [0.2, 0.25) is 0 Å². The van der Waals surface area contributed by atoms with Gasteiger partial charge in [0.1, 0.15) is 18.5 Å². The molecule has 1 saturated heterocycles. The number of piperidine rings is 1. The second-order valence-electron chi connectivity index (χ2n) is 10.6. The van der Waals surface area contributed by atoms with Crippen molar-refractivity contribution in [1.82, 2.24) is 9.47 Å². The zero-order valence-electron chi connectivity index (χ0n) is 23.9. The maximum Gasteiger partial charge on any atom is 0.406 e. The normalized spacial score (nSPS) is 17.3. The van der Waals surface area contributed by atoms with E-state index in [9.17, 15) is 27.5 Å². The molecule has 1 aromatic heterocycles. The van der Waals surface area contributed by atoms with Gasteiger partial charge in [-0.1, -0.05) is 12.0 Å². The molecular weight excluding hydrogens is 568 g/mol. The number of carbonyl (C=O) groups is 1. The topological polar surface area (TPSA) is 99.0 Å². The molecule has 0 unspecified atom stereocenters. The molecule has 2 heterocycles. The molecule has 2 atom stereocenters. The molecule has 2 aromatic carbocycles. The lowest BCUT2D eigenvalue weighted by Gasteiger charge is -2.33.